The number of hydrogen-bond donors (Lipinski definition) is 0. The van der Waals surface area contributed by atoms with Gasteiger partial charge < -0.3 is 32.8 Å². The SMILES string of the molecule is COc1c(-c2ccc(OC(C)=O)c(OC(C)=O)c2)oc2c(OC)c(OC(C)=O)cc(OC)c2c1=O. The second-order valence-electron chi connectivity index (χ2n) is 7.05. The molecular weight excluding hydrogens is 464 g/mol. The van der Waals surface area contributed by atoms with Crippen molar-refractivity contribution >= 4 is 28.9 Å². The van der Waals surface area contributed by atoms with Crippen molar-refractivity contribution in [3.8, 4) is 45.8 Å². The maximum atomic E-state index is 13.4. The van der Waals surface area contributed by atoms with Gasteiger partial charge >= 0.3 is 17.9 Å². The predicted molar refractivity (Wildman–Crippen MR) is 122 cm³/mol. The lowest BCUT2D eigenvalue weighted by molar-refractivity contribution is -0.134. The van der Waals surface area contributed by atoms with E-state index in [-0.39, 0.29) is 56.8 Å². The number of rotatable bonds is 7. The number of ether oxygens (including phenoxy) is 6. The summed E-state index contributed by atoms with van der Waals surface area (Å²) in [6.45, 7) is 3.57. The standard InChI is InChI=1S/C24H22O11/c1-11(25)32-15-8-7-14(9-16(15)33-12(2)26)21-24(31-6)20(28)19-17(29-4)10-18(34-13(3)27)22(30-5)23(19)35-21/h7-10H,1-6H3. The number of methoxy groups -OCH3 is 3. The van der Waals surface area contributed by atoms with Crippen molar-refractivity contribution in [2.24, 2.45) is 0 Å². The first-order valence-corrected chi connectivity index (χ1v) is 10.1. The normalized spacial score (nSPS) is 10.5. The number of hydrogen-bond acceptors (Lipinski definition) is 11. The molecule has 11 heteroatoms. The fraction of sp³-hybridized carbons (Fsp3) is 0.250. The van der Waals surface area contributed by atoms with Gasteiger partial charge in [0.25, 0.3) is 0 Å². The molecule has 0 bridgehead atoms. The molecule has 0 amide bonds. The molecule has 35 heavy (non-hydrogen) atoms. The summed E-state index contributed by atoms with van der Waals surface area (Å²) in [7, 11) is 3.92. The van der Waals surface area contributed by atoms with Crippen molar-refractivity contribution in [2.45, 2.75) is 20.8 Å². The third kappa shape index (κ3) is 5.03. The van der Waals surface area contributed by atoms with Gasteiger partial charge in [-0.25, -0.2) is 0 Å². The molecule has 0 saturated carbocycles. The van der Waals surface area contributed by atoms with Gasteiger partial charge in [-0.15, -0.1) is 0 Å². The zero-order valence-electron chi connectivity index (χ0n) is 19.8. The zero-order chi connectivity index (χ0) is 25.9. The Kier molecular flexibility index (Phi) is 7.28. The molecule has 0 aliphatic heterocycles. The van der Waals surface area contributed by atoms with Gasteiger partial charge in [-0.3, -0.25) is 19.2 Å². The van der Waals surface area contributed by atoms with Crippen LogP contribution in [-0.2, 0) is 14.4 Å². The lowest BCUT2D eigenvalue weighted by Gasteiger charge is -2.16. The highest BCUT2D eigenvalue weighted by Gasteiger charge is 2.26. The van der Waals surface area contributed by atoms with Gasteiger partial charge in [-0.2, -0.15) is 0 Å². The molecule has 0 unspecified atom stereocenters. The van der Waals surface area contributed by atoms with Crippen LogP contribution in [0.15, 0.2) is 33.5 Å². The molecular formula is C24H22O11. The van der Waals surface area contributed by atoms with E-state index in [0.29, 0.717) is 0 Å². The molecule has 0 spiro atoms. The predicted octanol–water partition coefficient (Wildman–Crippen LogP) is 3.26. The molecule has 3 aromatic rings. The van der Waals surface area contributed by atoms with Gasteiger partial charge in [-0.05, 0) is 18.2 Å². The van der Waals surface area contributed by atoms with E-state index in [9.17, 15) is 19.2 Å². The highest BCUT2D eigenvalue weighted by atomic mass is 16.6. The maximum absolute atomic E-state index is 13.4. The van der Waals surface area contributed by atoms with Crippen LogP contribution in [0.3, 0.4) is 0 Å². The molecule has 2 aromatic carbocycles. The second-order valence-corrected chi connectivity index (χ2v) is 7.05. The minimum Gasteiger partial charge on any atom is -0.496 e. The minimum absolute atomic E-state index is 0.0161. The monoisotopic (exact) mass is 486 g/mol. The van der Waals surface area contributed by atoms with Crippen molar-refractivity contribution in [3.63, 3.8) is 0 Å². The van der Waals surface area contributed by atoms with Crippen molar-refractivity contribution < 1.29 is 47.2 Å². The summed E-state index contributed by atoms with van der Waals surface area (Å²) in [5.41, 5.74) is -0.444. The van der Waals surface area contributed by atoms with Gasteiger partial charge in [-0.1, -0.05) is 0 Å². The van der Waals surface area contributed by atoms with E-state index in [2.05, 4.69) is 0 Å². The number of carbonyl (C=O) groups excluding carboxylic acids is 3. The Hall–Kier alpha value is -4.54. The summed E-state index contributed by atoms with van der Waals surface area (Å²) in [4.78, 5) is 48.1. The third-order valence-electron chi connectivity index (χ3n) is 4.60. The highest BCUT2D eigenvalue weighted by molar-refractivity contribution is 5.94. The fourth-order valence-corrected chi connectivity index (χ4v) is 3.35. The lowest BCUT2D eigenvalue weighted by Crippen LogP contribution is -2.11. The topological polar surface area (TPSA) is 137 Å². The molecule has 1 heterocycles. The van der Waals surface area contributed by atoms with E-state index in [4.69, 9.17) is 32.8 Å². The Morgan fingerprint density at radius 1 is 0.686 bits per heavy atom. The van der Waals surface area contributed by atoms with E-state index < -0.39 is 23.3 Å². The molecule has 184 valence electrons. The first-order chi connectivity index (χ1) is 16.6. The van der Waals surface area contributed by atoms with E-state index in [1.807, 2.05) is 0 Å². The number of carbonyl (C=O) groups is 3. The quantitative estimate of drug-likeness (QED) is 0.359. The van der Waals surface area contributed by atoms with Crippen LogP contribution in [-0.4, -0.2) is 39.2 Å². The van der Waals surface area contributed by atoms with Gasteiger partial charge in [0.05, 0.1) is 21.3 Å². The number of esters is 3. The highest BCUT2D eigenvalue weighted by Crippen LogP contribution is 2.44. The van der Waals surface area contributed by atoms with Gasteiger partial charge in [0.15, 0.2) is 28.6 Å². The summed E-state index contributed by atoms with van der Waals surface area (Å²) < 4.78 is 37.5. The maximum Gasteiger partial charge on any atom is 0.308 e. The summed E-state index contributed by atoms with van der Waals surface area (Å²) in [6, 6.07) is 5.50. The van der Waals surface area contributed by atoms with E-state index in [0.717, 1.165) is 0 Å². The van der Waals surface area contributed by atoms with Crippen LogP contribution in [0.25, 0.3) is 22.3 Å². The summed E-state index contributed by atoms with van der Waals surface area (Å²) in [5, 5.41) is -0.0161. The molecule has 0 aliphatic carbocycles. The van der Waals surface area contributed by atoms with E-state index >= 15 is 0 Å². The largest absolute Gasteiger partial charge is 0.496 e. The average Bonchev–Trinajstić information content (AvgIpc) is 2.78. The van der Waals surface area contributed by atoms with Gasteiger partial charge in [0.2, 0.25) is 16.9 Å². The van der Waals surface area contributed by atoms with Crippen LogP contribution < -0.4 is 33.8 Å². The summed E-state index contributed by atoms with van der Waals surface area (Å²) >= 11 is 0. The minimum atomic E-state index is -0.667. The molecule has 0 aliphatic rings. The second kappa shape index (κ2) is 10.2. The molecule has 0 N–H and O–H groups in total. The molecule has 0 atom stereocenters. The number of fused-ring (bicyclic) bond motifs is 1. The third-order valence-corrected chi connectivity index (χ3v) is 4.60. The van der Waals surface area contributed by atoms with Crippen LogP contribution in [0.5, 0.6) is 34.5 Å². The van der Waals surface area contributed by atoms with Crippen molar-refractivity contribution in [2.75, 3.05) is 21.3 Å². The van der Waals surface area contributed by atoms with Crippen molar-refractivity contribution in [1.82, 2.24) is 0 Å². The zero-order valence-corrected chi connectivity index (χ0v) is 19.8. The molecule has 1 aromatic heterocycles. The molecule has 11 nitrogen and oxygen atoms in total. The molecule has 3 rings (SSSR count). The van der Waals surface area contributed by atoms with E-state index in [1.54, 1.807) is 0 Å². The Bertz CT molecular complexity index is 1380. The van der Waals surface area contributed by atoms with Crippen LogP contribution >= 0.6 is 0 Å². The molecule has 0 saturated heterocycles. The summed E-state index contributed by atoms with van der Waals surface area (Å²) in [6.07, 6.45) is 0. The summed E-state index contributed by atoms with van der Waals surface area (Å²) in [5.74, 6) is -2.29. The van der Waals surface area contributed by atoms with Crippen LogP contribution in [0.4, 0.5) is 0 Å². The Morgan fingerprint density at radius 3 is 1.80 bits per heavy atom. The average molecular weight is 486 g/mol. The smallest absolute Gasteiger partial charge is 0.308 e. The first-order valence-electron chi connectivity index (χ1n) is 10.1. The Morgan fingerprint density at radius 2 is 1.26 bits per heavy atom. The van der Waals surface area contributed by atoms with Crippen molar-refractivity contribution in [3.05, 3.63) is 34.5 Å². The first kappa shape index (κ1) is 25.1. The lowest BCUT2D eigenvalue weighted by atomic mass is 10.1. The van der Waals surface area contributed by atoms with Gasteiger partial charge in [0, 0.05) is 32.4 Å². The van der Waals surface area contributed by atoms with Gasteiger partial charge in [0.1, 0.15) is 11.1 Å². The van der Waals surface area contributed by atoms with Crippen molar-refractivity contribution in [1.29, 1.82) is 0 Å². The van der Waals surface area contributed by atoms with Crippen LogP contribution in [0, 0.1) is 0 Å². The molecule has 0 fully saturated rings. The Labute approximate surface area is 199 Å². The Balaban J connectivity index is 2.39. The van der Waals surface area contributed by atoms with Crippen LogP contribution in [0.1, 0.15) is 20.8 Å². The van der Waals surface area contributed by atoms with Crippen LogP contribution in [0.2, 0.25) is 0 Å². The molecule has 0 radical (unpaired) electrons. The fourth-order valence-electron chi connectivity index (χ4n) is 3.35. The number of benzene rings is 2. The van der Waals surface area contributed by atoms with E-state index in [1.165, 1.54) is 66.4 Å².